The molecule has 0 unspecified atom stereocenters. The minimum atomic E-state index is -0.0794. The number of hydrogen-bond donors (Lipinski definition) is 1. The summed E-state index contributed by atoms with van der Waals surface area (Å²) in [4.78, 5) is 17.2. The Morgan fingerprint density at radius 3 is 2.51 bits per heavy atom. The first-order chi connectivity index (χ1) is 19.9. The summed E-state index contributed by atoms with van der Waals surface area (Å²) in [5, 5.41) is 2.98. The summed E-state index contributed by atoms with van der Waals surface area (Å²) in [5.41, 5.74) is 5.75. The van der Waals surface area contributed by atoms with Crippen LogP contribution in [0.1, 0.15) is 74.4 Å². The number of benzene rings is 3. The smallest absolute Gasteiger partial charge is 0.257 e. The van der Waals surface area contributed by atoms with Crippen molar-refractivity contribution in [2.75, 3.05) is 19.8 Å². The second-order valence-electron chi connectivity index (χ2n) is 11.2. The number of nitrogens with one attached hydrogen (secondary N) is 1. The Bertz CT molecular complexity index is 1390. The maximum absolute atomic E-state index is 12.2. The fraction of sp³-hybridized carbons (Fsp3) is 0.429. The summed E-state index contributed by atoms with van der Waals surface area (Å²) in [6, 6.07) is 22.9. The van der Waals surface area contributed by atoms with Crippen molar-refractivity contribution < 1.29 is 14.3 Å². The van der Waals surface area contributed by atoms with Gasteiger partial charge in [0.15, 0.2) is 6.61 Å². The molecular formula is C35H45N3O3. The number of nitrogens with zero attached hydrogens (tertiary/aromatic N) is 2. The van der Waals surface area contributed by atoms with Gasteiger partial charge in [-0.05, 0) is 92.5 Å². The Morgan fingerprint density at radius 2 is 1.71 bits per heavy atom. The van der Waals surface area contributed by atoms with E-state index in [1.54, 1.807) is 0 Å². The molecule has 0 bridgehead atoms. The fourth-order valence-corrected chi connectivity index (χ4v) is 4.95. The maximum Gasteiger partial charge on any atom is 0.257 e. The molecule has 0 aliphatic heterocycles. The Labute approximate surface area is 245 Å². The van der Waals surface area contributed by atoms with E-state index in [0.717, 1.165) is 79.0 Å². The Kier molecular flexibility index (Phi) is 11.2. The number of amides is 1. The van der Waals surface area contributed by atoms with E-state index in [1.165, 1.54) is 11.1 Å². The highest BCUT2D eigenvalue weighted by Crippen LogP contribution is 2.21. The largest absolute Gasteiger partial charge is 0.494 e. The number of fused-ring (bicyclic) bond motifs is 1. The van der Waals surface area contributed by atoms with E-state index in [-0.39, 0.29) is 12.5 Å². The van der Waals surface area contributed by atoms with Crippen LogP contribution in [0.15, 0.2) is 66.7 Å². The first-order valence-corrected chi connectivity index (χ1v) is 15.0. The molecule has 6 heteroatoms. The van der Waals surface area contributed by atoms with Crippen molar-refractivity contribution in [2.45, 2.75) is 78.7 Å². The van der Waals surface area contributed by atoms with Crippen LogP contribution in [0.25, 0.3) is 11.0 Å². The van der Waals surface area contributed by atoms with Crippen LogP contribution in [-0.4, -0.2) is 35.2 Å². The molecule has 0 aliphatic rings. The topological polar surface area (TPSA) is 65.4 Å². The van der Waals surface area contributed by atoms with Crippen molar-refractivity contribution >= 4 is 16.9 Å². The SMILES string of the molecule is Cc1ccc(C)c(OCC(=O)NCCCCCc2nc3ccccc3n2CCCCOc2ccc(C(C)C)cc2)c1. The number of hydrogen-bond acceptors (Lipinski definition) is 4. The van der Waals surface area contributed by atoms with E-state index in [9.17, 15) is 4.79 Å². The summed E-state index contributed by atoms with van der Waals surface area (Å²) < 4.78 is 14.1. The molecule has 4 rings (SSSR count). The molecule has 218 valence electrons. The summed E-state index contributed by atoms with van der Waals surface area (Å²) in [6.45, 7) is 10.8. The average molecular weight is 556 g/mol. The second kappa shape index (κ2) is 15.3. The van der Waals surface area contributed by atoms with Crippen molar-refractivity contribution in [3.63, 3.8) is 0 Å². The zero-order valence-electron chi connectivity index (χ0n) is 25.1. The minimum Gasteiger partial charge on any atom is -0.494 e. The lowest BCUT2D eigenvalue weighted by atomic mass is 10.0. The number of carbonyl (C=O) groups is 1. The minimum absolute atomic E-state index is 0.0454. The van der Waals surface area contributed by atoms with Gasteiger partial charge < -0.3 is 19.4 Å². The lowest BCUT2D eigenvalue weighted by Crippen LogP contribution is -2.29. The number of aryl methyl sites for hydroxylation is 4. The number of para-hydroxylation sites is 2. The molecule has 0 saturated heterocycles. The van der Waals surface area contributed by atoms with Crippen LogP contribution in [0.2, 0.25) is 0 Å². The van der Waals surface area contributed by atoms with Gasteiger partial charge >= 0.3 is 0 Å². The van der Waals surface area contributed by atoms with E-state index in [1.807, 2.05) is 32.0 Å². The molecule has 1 N–H and O–H groups in total. The molecular weight excluding hydrogens is 510 g/mol. The van der Waals surface area contributed by atoms with Crippen LogP contribution >= 0.6 is 0 Å². The highest BCUT2D eigenvalue weighted by atomic mass is 16.5. The first-order valence-electron chi connectivity index (χ1n) is 15.0. The van der Waals surface area contributed by atoms with Gasteiger partial charge in [0.25, 0.3) is 5.91 Å². The molecule has 0 spiro atoms. The van der Waals surface area contributed by atoms with Gasteiger partial charge in [-0.3, -0.25) is 4.79 Å². The molecule has 1 heterocycles. The number of ether oxygens (including phenoxy) is 2. The lowest BCUT2D eigenvalue weighted by molar-refractivity contribution is -0.123. The molecule has 6 nitrogen and oxygen atoms in total. The van der Waals surface area contributed by atoms with Gasteiger partial charge in [-0.2, -0.15) is 0 Å². The molecule has 0 aliphatic carbocycles. The second-order valence-corrected chi connectivity index (χ2v) is 11.2. The maximum atomic E-state index is 12.2. The lowest BCUT2D eigenvalue weighted by Gasteiger charge is -2.11. The van der Waals surface area contributed by atoms with Crippen LogP contribution < -0.4 is 14.8 Å². The number of rotatable bonds is 16. The highest BCUT2D eigenvalue weighted by Gasteiger charge is 2.11. The molecule has 4 aromatic rings. The van der Waals surface area contributed by atoms with Gasteiger partial charge in [-0.15, -0.1) is 0 Å². The van der Waals surface area contributed by atoms with E-state index >= 15 is 0 Å². The summed E-state index contributed by atoms with van der Waals surface area (Å²) in [7, 11) is 0. The van der Waals surface area contributed by atoms with E-state index in [0.29, 0.717) is 19.1 Å². The average Bonchev–Trinajstić information content (AvgIpc) is 3.32. The van der Waals surface area contributed by atoms with Crippen molar-refractivity contribution in [3.05, 3.63) is 89.2 Å². The van der Waals surface area contributed by atoms with Crippen molar-refractivity contribution in [1.82, 2.24) is 14.9 Å². The van der Waals surface area contributed by atoms with Crippen molar-refractivity contribution in [2.24, 2.45) is 0 Å². The molecule has 1 amide bonds. The number of unbranched alkanes of at least 4 members (excludes halogenated alkanes) is 3. The standard InChI is InChI=1S/C35H45N3O3/c1-26(2)29-17-19-30(20-18-29)40-23-11-10-22-38-32-13-8-7-12-31(32)37-34(38)14-6-5-9-21-36-35(39)25-41-33-24-27(3)15-16-28(33)4/h7-8,12-13,15-20,24,26H,5-6,9-11,14,21-23,25H2,1-4H3,(H,36,39). The zero-order chi connectivity index (χ0) is 29.0. The van der Waals surface area contributed by atoms with Crippen molar-refractivity contribution in [1.29, 1.82) is 0 Å². The van der Waals surface area contributed by atoms with Crippen LogP contribution in [0.3, 0.4) is 0 Å². The summed E-state index contributed by atoms with van der Waals surface area (Å²) in [5.74, 6) is 3.30. The highest BCUT2D eigenvalue weighted by molar-refractivity contribution is 5.77. The van der Waals surface area contributed by atoms with Gasteiger partial charge in [0.1, 0.15) is 17.3 Å². The van der Waals surface area contributed by atoms with E-state index in [2.05, 4.69) is 72.3 Å². The molecule has 0 radical (unpaired) electrons. The quantitative estimate of drug-likeness (QED) is 0.145. The molecule has 41 heavy (non-hydrogen) atoms. The predicted octanol–water partition coefficient (Wildman–Crippen LogP) is 7.54. The Balaban J connectivity index is 1.16. The van der Waals surface area contributed by atoms with Gasteiger partial charge in [0.2, 0.25) is 0 Å². The van der Waals surface area contributed by atoms with Crippen LogP contribution in [0.4, 0.5) is 0 Å². The van der Waals surface area contributed by atoms with Crippen LogP contribution in [0, 0.1) is 13.8 Å². The number of aromatic nitrogens is 2. The normalized spacial score (nSPS) is 11.2. The predicted molar refractivity (Wildman–Crippen MR) is 167 cm³/mol. The monoisotopic (exact) mass is 555 g/mol. The molecule has 0 atom stereocenters. The van der Waals surface area contributed by atoms with E-state index in [4.69, 9.17) is 14.5 Å². The Morgan fingerprint density at radius 1 is 0.902 bits per heavy atom. The van der Waals surface area contributed by atoms with Crippen LogP contribution in [0.5, 0.6) is 11.5 Å². The van der Waals surface area contributed by atoms with Gasteiger partial charge in [-0.1, -0.05) is 56.7 Å². The van der Waals surface area contributed by atoms with Crippen molar-refractivity contribution in [3.8, 4) is 11.5 Å². The third-order valence-electron chi connectivity index (χ3n) is 7.43. The first kappa shape index (κ1) is 30.2. The number of imidazole rings is 1. The van der Waals surface area contributed by atoms with Gasteiger partial charge in [0.05, 0.1) is 17.6 Å². The summed E-state index contributed by atoms with van der Waals surface area (Å²) in [6.07, 6.45) is 5.96. The number of carbonyl (C=O) groups excluding carboxylic acids is 1. The van der Waals surface area contributed by atoms with Crippen LogP contribution in [-0.2, 0) is 17.8 Å². The summed E-state index contributed by atoms with van der Waals surface area (Å²) >= 11 is 0. The molecule has 0 fully saturated rings. The van der Waals surface area contributed by atoms with Gasteiger partial charge in [0, 0.05) is 19.5 Å². The Hall–Kier alpha value is -3.80. The molecule has 1 aromatic heterocycles. The third-order valence-corrected chi connectivity index (χ3v) is 7.43. The fourth-order valence-electron chi connectivity index (χ4n) is 4.95. The molecule has 0 saturated carbocycles. The van der Waals surface area contributed by atoms with E-state index < -0.39 is 0 Å². The van der Waals surface area contributed by atoms with Gasteiger partial charge in [-0.25, -0.2) is 4.98 Å². The molecule has 3 aromatic carbocycles. The third kappa shape index (κ3) is 9.10. The zero-order valence-corrected chi connectivity index (χ0v) is 25.1.